The minimum atomic E-state index is -2.92. The van der Waals surface area contributed by atoms with Crippen molar-refractivity contribution >= 4 is 28.9 Å². The van der Waals surface area contributed by atoms with Crippen LogP contribution >= 0.6 is 0 Å². The molecule has 0 spiro atoms. The van der Waals surface area contributed by atoms with E-state index in [1.165, 1.54) is 6.33 Å². The molecule has 54 heavy (non-hydrogen) atoms. The summed E-state index contributed by atoms with van der Waals surface area (Å²) in [4.78, 5) is 46.8. The Balaban J connectivity index is 0.948. The van der Waals surface area contributed by atoms with Gasteiger partial charge < -0.3 is 15.2 Å². The number of piperidine rings is 2. The maximum atomic E-state index is 15.6. The van der Waals surface area contributed by atoms with Gasteiger partial charge in [0, 0.05) is 42.4 Å². The van der Waals surface area contributed by atoms with Crippen molar-refractivity contribution < 1.29 is 27.7 Å². The van der Waals surface area contributed by atoms with Crippen molar-refractivity contribution in [3.63, 3.8) is 0 Å². The van der Waals surface area contributed by atoms with Gasteiger partial charge in [0.25, 0.3) is 17.7 Å². The lowest BCUT2D eigenvalue weighted by Gasteiger charge is -2.38. The molecule has 2 aliphatic rings. The van der Waals surface area contributed by atoms with Crippen LogP contribution in [-0.2, 0) is 28.0 Å². The molecule has 2 unspecified atom stereocenters. The van der Waals surface area contributed by atoms with Gasteiger partial charge in [-0.25, -0.2) is 18.3 Å². The number of carbonyl (C=O) groups is 3. The first-order chi connectivity index (χ1) is 25.7. The number of halogens is 2. The molecule has 0 aliphatic carbocycles. The summed E-state index contributed by atoms with van der Waals surface area (Å²) < 4.78 is 38.1. The topological polar surface area (TPSA) is 160 Å². The number of rotatable bonds is 10. The standard InChI is InChI=1S/C39H43F2N9O4/c1-23-17-26(5-6-27(23)19-42-36(53)34-47-37(54-48-34)38(2,3)4)33-31-18-24(20-50(31)44-22-43-33)13-15-49-16-14-29(39(40,41)21-49)25-7-9-28(10-8-25)45-30-11-12-32(51)46-35(30)52/h5-10,17-18,20,22,29-30,45H,11-16,19,21H2,1-4H3,(H,42,53)(H,46,51,52). The molecule has 2 saturated heterocycles. The van der Waals surface area contributed by atoms with Gasteiger partial charge in [0.1, 0.15) is 12.4 Å². The third kappa shape index (κ3) is 8.00. The quantitative estimate of drug-likeness (QED) is 0.163. The van der Waals surface area contributed by atoms with Gasteiger partial charge >= 0.3 is 0 Å². The zero-order valence-corrected chi connectivity index (χ0v) is 30.7. The number of carbonyl (C=O) groups excluding carboxylic acids is 3. The highest BCUT2D eigenvalue weighted by Crippen LogP contribution is 2.40. The largest absolute Gasteiger partial charge is 0.374 e. The number of amides is 3. The molecule has 15 heteroatoms. The first-order valence-corrected chi connectivity index (χ1v) is 18.1. The monoisotopic (exact) mass is 739 g/mol. The highest BCUT2D eigenvalue weighted by molar-refractivity contribution is 6.01. The Labute approximate surface area is 310 Å². The number of fused-ring (bicyclic) bond motifs is 1. The molecule has 2 atom stereocenters. The number of anilines is 1. The Hall–Kier alpha value is -5.57. The second-order valence-electron chi connectivity index (χ2n) is 15.2. The third-order valence-corrected chi connectivity index (χ3v) is 10.1. The van der Waals surface area contributed by atoms with Gasteiger partial charge in [-0.05, 0) is 79.3 Å². The minimum absolute atomic E-state index is 0.00925. The van der Waals surface area contributed by atoms with Gasteiger partial charge in [0.15, 0.2) is 0 Å². The Bertz CT molecular complexity index is 2190. The number of hydrogen-bond donors (Lipinski definition) is 3. The first kappa shape index (κ1) is 36.8. The number of benzene rings is 2. The van der Waals surface area contributed by atoms with Crippen LogP contribution in [0.5, 0.6) is 0 Å². The summed E-state index contributed by atoms with van der Waals surface area (Å²) in [5.41, 5.74) is 6.12. The number of aryl methyl sites for hydroxylation is 1. The Morgan fingerprint density at radius 2 is 1.89 bits per heavy atom. The van der Waals surface area contributed by atoms with Crippen LogP contribution in [0.3, 0.4) is 0 Å². The van der Waals surface area contributed by atoms with Crippen molar-refractivity contribution in [1.82, 2.24) is 40.3 Å². The third-order valence-electron chi connectivity index (χ3n) is 10.1. The SMILES string of the molecule is Cc1cc(-c2ncnn3cc(CCN4CCC(c5ccc(NC6CCC(=O)NC6=O)cc5)C(F)(F)C4)cc23)ccc1CNC(=O)c1noc(C(C)(C)C)n1. The molecule has 5 aromatic rings. The Morgan fingerprint density at radius 3 is 2.59 bits per heavy atom. The van der Waals surface area contributed by atoms with E-state index in [-0.39, 0.29) is 42.6 Å². The smallest absolute Gasteiger partial charge is 0.292 e. The van der Waals surface area contributed by atoms with E-state index in [1.54, 1.807) is 28.8 Å². The van der Waals surface area contributed by atoms with Gasteiger partial charge in [0.2, 0.25) is 17.7 Å². The van der Waals surface area contributed by atoms with Gasteiger partial charge in [-0.3, -0.25) is 24.6 Å². The molecule has 7 rings (SSSR count). The summed E-state index contributed by atoms with van der Waals surface area (Å²) in [6, 6.07) is 14.2. The van der Waals surface area contributed by atoms with Crippen LogP contribution in [0.15, 0.2) is 65.6 Å². The summed E-state index contributed by atoms with van der Waals surface area (Å²) in [7, 11) is 0. The molecule has 2 aliphatic heterocycles. The molecular weight excluding hydrogens is 696 g/mol. The number of likely N-dealkylation sites (tertiary alicyclic amines) is 1. The first-order valence-electron chi connectivity index (χ1n) is 18.1. The molecular formula is C39H43F2N9O4. The maximum absolute atomic E-state index is 15.6. The van der Waals surface area contributed by atoms with E-state index in [0.29, 0.717) is 49.5 Å². The summed E-state index contributed by atoms with van der Waals surface area (Å²) in [6.07, 6.45) is 4.93. The molecule has 3 N–H and O–H groups in total. The van der Waals surface area contributed by atoms with Crippen molar-refractivity contribution in [3.05, 3.63) is 95.0 Å². The van der Waals surface area contributed by atoms with Crippen LogP contribution in [0.4, 0.5) is 14.5 Å². The van der Waals surface area contributed by atoms with Gasteiger partial charge in [-0.15, -0.1) is 0 Å². The summed E-state index contributed by atoms with van der Waals surface area (Å²) >= 11 is 0. The molecule has 2 aromatic carbocycles. The van der Waals surface area contributed by atoms with Crippen LogP contribution in [0.1, 0.15) is 84.7 Å². The van der Waals surface area contributed by atoms with E-state index in [0.717, 1.165) is 33.5 Å². The van der Waals surface area contributed by atoms with E-state index < -0.39 is 23.8 Å². The van der Waals surface area contributed by atoms with Gasteiger partial charge in [0.05, 0.1) is 23.7 Å². The van der Waals surface area contributed by atoms with Crippen LogP contribution < -0.4 is 16.0 Å². The maximum Gasteiger partial charge on any atom is 0.292 e. The normalized spacial score (nSPS) is 19.1. The fourth-order valence-electron chi connectivity index (χ4n) is 7.00. The Morgan fingerprint density at radius 1 is 1.09 bits per heavy atom. The number of nitrogens with one attached hydrogen (secondary N) is 3. The number of aromatic nitrogens is 5. The minimum Gasteiger partial charge on any atom is -0.374 e. The van der Waals surface area contributed by atoms with Crippen LogP contribution in [0, 0.1) is 6.92 Å². The van der Waals surface area contributed by atoms with E-state index in [1.807, 2.05) is 63.1 Å². The van der Waals surface area contributed by atoms with Crippen molar-refractivity contribution in [2.24, 2.45) is 0 Å². The molecule has 0 bridgehead atoms. The lowest BCUT2D eigenvalue weighted by molar-refractivity contribution is -0.133. The van der Waals surface area contributed by atoms with Crippen molar-refractivity contribution in [2.75, 3.05) is 25.0 Å². The fraction of sp³-hybridized carbons (Fsp3) is 0.410. The second kappa shape index (κ2) is 14.7. The highest BCUT2D eigenvalue weighted by atomic mass is 19.3. The summed E-state index contributed by atoms with van der Waals surface area (Å²) in [6.45, 7) is 8.70. The molecule has 5 heterocycles. The van der Waals surface area contributed by atoms with Crippen molar-refractivity contribution in [3.8, 4) is 11.3 Å². The number of nitrogens with zero attached hydrogens (tertiary/aromatic N) is 6. The predicted molar refractivity (Wildman–Crippen MR) is 196 cm³/mol. The van der Waals surface area contributed by atoms with E-state index >= 15 is 8.78 Å². The van der Waals surface area contributed by atoms with E-state index in [4.69, 9.17) is 4.52 Å². The average Bonchev–Trinajstić information content (AvgIpc) is 3.80. The van der Waals surface area contributed by atoms with Crippen LogP contribution in [0.25, 0.3) is 16.8 Å². The van der Waals surface area contributed by atoms with E-state index in [9.17, 15) is 14.4 Å². The van der Waals surface area contributed by atoms with Crippen LogP contribution in [-0.4, -0.2) is 79.0 Å². The molecule has 0 saturated carbocycles. The molecule has 0 radical (unpaired) electrons. The lowest BCUT2D eigenvalue weighted by atomic mass is 9.86. The van der Waals surface area contributed by atoms with Crippen molar-refractivity contribution in [1.29, 1.82) is 0 Å². The number of hydrogen-bond acceptors (Lipinski definition) is 10. The fourth-order valence-corrected chi connectivity index (χ4v) is 7.00. The number of alkyl halides is 2. The van der Waals surface area contributed by atoms with Gasteiger partial charge in [-0.1, -0.05) is 50.2 Å². The molecule has 3 amide bonds. The van der Waals surface area contributed by atoms with Gasteiger partial charge in [-0.2, -0.15) is 10.1 Å². The lowest BCUT2D eigenvalue weighted by Crippen LogP contribution is -2.48. The average molecular weight is 740 g/mol. The Kier molecular flexibility index (Phi) is 10.0. The molecule has 3 aromatic heterocycles. The van der Waals surface area contributed by atoms with E-state index in [2.05, 4.69) is 36.2 Å². The summed E-state index contributed by atoms with van der Waals surface area (Å²) in [5.74, 6) is -4.54. The highest BCUT2D eigenvalue weighted by Gasteiger charge is 2.45. The predicted octanol–water partition coefficient (Wildman–Crippen LogP) is 5.20. The van der Waals surface area contributed by atoms with Crippen molar-refractivity contribution in [2.45, 2.75) is 83.2 Å². The second-order valence-corrected chi connectivity index (χ2v) is 15.2. The molecule has 2 fully saturated rings. The zero-order valence-electron chi connectivity index (χ0n) is 30.7. The molecule has 282 valence electrons. The van der Waals surface area contributed by atoms with Crippen LogP contribution in [0.2, 0.25) is 0 Å². The zero-order chi connectivity index (χ0) is 38.2. The summed E-state index contributed by atoms with van der Waals surface area (Å²) in [5, 5.41) is 16.5. The molecule has 13 nitrogen and oxygen atoms in total. The number of imide groups is 1.